The molecule has 0 atom stereocenters. The van der Waals surface area contributed by atoms with Gasteiger partial charge in [0.05, 0.1) is 23.7 Å². The van der Waals surface area contributed by atoms with Crippen molar-refractivity contribution < 1.29 is 9.53 Å². The van der Waals surface area contributed by atoms with Gasteiger partial charge in [-0.25, -0.2) is 4.68 Å². The molecule has 0 saturated heterocycles. The summed E-state index contributed by atoms with van der Waals surface area (Å²) in [5, 5.41) is 11.1. The van der Waals surface area contributed by atoms with Gasteiger partial charge in [-0.1, -0.05) is 69.7 Å². The van der Waals surface area contributed by atoms with E-state index in [9.17, 15) is 4.79 Å². The van der Waals surface area contributed by atoms with E-state index >= 15 is 0 Å². The lowest BCUT2D eigenvalue weighted by Crippen LogP contribution is -2.15. The van der Waals surface area contributed by atoms with Gasteiger partial charge in [-0.3, -0.25) is 4.79 Å². The minimum Gasteiger partial charge on any atom is -0.491 e. The Hall–Kier alpha value is -3.45. The van der Waals surface area contributed by atoms with Crippen LogP contribution >= 0.6 is 15.9 Å². The van der Waals surface area contributed by atoms with Gasteiger partial charge in [0.1, 0.15) is 5.75 Å². The van der Waals surface area contributed by atoms with Crippen molar-refractivity contribution in [2.45, 2.75) is 13.3 Å². The van der Waals surface area contributed by atoms with Gasteiger partial charge in [0.2, 0.25) is 0 Å². The maximum absolute atomic E-state index is 12.9. The van der Waals surface area contributed by atoms with Crippen LogP contribution in [0.25, 0.3) is 5.69 Å². The third-order valence-corrected chi connectivity index (χ3v) is 5.28. The van der Waals surface area contributed by atoms with Gasteiger partial charge in [-0.15, -0.1) is 5.10 Å². The Morgan fingerprint density at radius 2 is 1.81 bits per heavy atom. The molecule has 1 aromatic heterocycles. The Morgan fingerprint density at radius 1 is 1.03 bits per heavy atom. The number of aromatic nitrogens is 3. The number of halogens is 1. The molecule has 0 spiro atoms. The molecular formula is C24H21BrN4O2. The Kier molecular flexibility index (Phi) is 6.43. The summed E-state index contributed by atoms with van der Waals surface area (Å²) in [5.41, 5.74) is 3.53. The van der Waals surface area contributed by atoms with Crippen molar-refractivity contribution in [3.8, 4) is 11.4 Å². The lowest BCUT2D eigenvalue weighted by molar-refractivity contribution is 0.102. The first-order chi connectivity index (χ1) is 15.1. The summed E-state index contributed by atoms with van der Waals surface area (Å²) in [5.74, 6) is 0.279. The number of nitrogens with zero attached hydrogens (tertiary/aromatic N) is 3. The standard InChI is InChI=1S/C24H21BrN4O2/c1-17-23(27-28-29(17)20-11-7-10-19(25)16-20)24(30)26-21-12-5-6-13-22(21)31-15-14-18-8-3-2-4-9-18/h2-13,16H,14-15H2,1H3,(H,26,30). The molecule has 156 valence electrons. The van der Waals surface area contributed by atoms with E-state index in [1.807, 2.05) is 73.7 Å². The minimum atomic E-state index is -0.335. The number of rotatable bonds is 7. The molecule has 1 N–H and O–H groups in total. The lowest BCUT2D eigenvalue weighted by Gasteiger charge is -2.12. The highest BCUT2D eigenvalue weighted by Gasteiger charge is 2.19. The molecule has 0 bridgehead atoms. The highest BCUT2D eigenvalue weighted by atomic mass is 79.9. The van der Waals surface area contributed by atoms with E-state index in [4.69, 9.17) is 4.74 Å². The predicted molar refractivity (Wildman–Crippen MR) is 124 cm³/mol. The quantitative estimate of drug-likeness (QED) is 0.397. The number of benzene rings is 3. The normalized spacial score (nSPS) is 10.6. The largest absolute Gasteiger partial charge is 0.491 e. The highest BCUT2D eigenvalue weighted by Crippen LogP contribution is 2.25. The molecule has 4 aromatic rings. The SMILES string of the molecule is Cc1c(C(=O)Nc2ccccc2OCCc2ccccc2)nnn1-c1cccc(Br)c1. The first-order valence-corrected chi connectivity index (χ1v) is 10.7. The van der Waals surface area contributed by atoms with Crippen LogP contribution in [0.15, 0.2) is 83.3 Å². The Bertz CT molecular complexity index is 1190. The molecule has 0 aliphatic heterocycles. The first kappa shape index (κ1) is 20.8. The molecule has 3 aromatic carbocycles. The molecule has 7 heteroatoms. The fourth-order valence-electron chi connectivity index (χ4n) is 3.19. The van der Waals surface area contributed by atoms with Crippen LogP contribution in [0.1, 0.15) is 21.7 Å². The van der Waals surface area contributed by atoms with Crippen molar-refractivity contribution >= 4 is 27.5 Å². The molecule has 0 fully saturated rings. The molecule has 1 heterocycles. The number of para-hydroxylation sites is 2. The fraction of sp³-hybridized carbons (Fsp3) is 0.125. The smallest absolute Gasteiger partial charge is 0.278 e. The van der Waals surface area contributed by atoms with E-state index in [0.29, 0.717) is 23.7 Å². The zero-order chi connectivity index (χ0) is 21.6. The van der Waals surface area contributed by atoms with Crippen LogP contribution in [0, 0.1) is 6.92 Å². The summed E-state index contributed by atoms with van der Waals surface area (Å²) in [7, 11) is 0. The van der Waals surface area contributed by atoms with Gasteiger partial charge >= 0.3 is 0 Å². The van der Waals surface area contributed by atoms with Crippen LogP contribution in [-0.4, -0.2) is 27.5 Å². The van der Waals surface area contributed by atoms with Crippen molar-refractivity contribution in [1.82, 2.24) is 15.0 Å². The number of ether oxygens (including phenoxy) is 1. The third-order valence-electron chi connectivity index (χ3n) is 4.79. The van der Waals surface area contributed by atoms with E-state index in [0.717, 1.165) is 16.6 Å². The molecule has 6 nitrogen and oxygen atoms in total. The van der Waals surface area contributed by atoms with Crippen molar-refractivity contribution in [2.24, 2.45) is 0 Å². The van der Waals surface area contributed by atoms with Crippen molar-refractivity contribution in [3.63, 3.8) is 0 Å². The summed E-state index contributed by atoms with van der Waals surface area (Å²) in [6, 6.07) is 25.2. The number of amides is 1. The number of nitrogens with one attached hydrogen (secondary N) is 1. The molecule has 0 aliphatic carbocycles. The maximum Gasteiger partial charge on any atom is 0.278 e. The van der Waals surface area contributed by atoms with E-state index in [-0.39, 0.29) is 11.6 Å². The first-order valence-electron chi connectivity index (χ1n) is 9.87. The van der Waals surface area contributed by atoms with Gasteiger partial charge in [-0.2, -0.15) is 0 Å². The topological polar surface area (TPSA) is 69.0 Å². The molecule has 31 heavy (non-hydrogen) atoms. The highest BCUT2D eigenvalue weighted by molar-refractivity contribution is 9.10. The predicted octanol–water partition coefficient (Wildman–Crippen LogP) is 5.21. The molecular weight excluding hydrogens is 456 g/mol. The minimum absolute atomic E-state index is 0.263. The van der Waals surface area contributed by atoms with Crippen molar-refractivity contribution in [3.05, 3.63) is 100 Å². The van der Waals surface area contributed by atoms with E-state index in [2.05, 4.69) is 43.7 Å². The van der Waals surface area contributed by atoms with Crippen LogP contribution in [0.4, 0.5) is 5.69 Å². The summed E-state index contributed by atoms with van der Waals surface area (Å²) in [6.07, 6.45) is 0.781. The second-order valence-electron chi connectivity index (χ2n) is 6.95. The molecule has 0 unspecified atom stereocenters. The molecule has 0 radical (unpaired) electrons. The summed E-state index contributed by atoms with van der Waals surface area (Å²) in [6.45, 7) is 2.33. The second kappa shape index (κ2) is 9.57. The maximum atomic E-state index is 12.9. The average Bonchev–Trinajstić information content (AvgIpc) is 3.17. The summed E-state index contributed by atoms with van der Waals surface area (Å²) < 4.78 is 8.50. The van der Waals surface area contributed by atoms with Crippen LogP contribution < -0.4 is 10.1 Å². The van der Waals surface area contributed by atoms with E-state index < -0.39 is 0 Å². The number of hydrogen-bond donors (Lipinski definition) is 1. The zero-order valence-electron chi connectivity index (χ0n) is 17.0. The van der Waals surface area contributed by atoms with Gasteiger partial charge in [0.25, 0.3) is 5.91 Å². The zero-order valence-corrected chi connectivity index (χ0v) is 18.5. The van der Waals surface area contributed by atoms with Crippen LogP contribution in [0.5, 0.6) is 5.75 Å². The Labute approximate surface area is 189 Å². The molecule has 4 rings (SSSR count). The van der Waals surface area contributed by atoms with Crippen molar-refractivity contribution in [2.75, 3.05) is 11.9 Å². The van der Waals surface area contributed by atoms with Gasteiger partial charge in [0.15, 0.2) is 5.69 Å². The number of anilines is 1. The summed E-state index contributed by atoms with van der Waals surface area (Å²) >= 11 is 3.45. The average molecular weight is 477 g/mol. The fourth-order valence-corrected chi connectivity index (χ4v) is 3.58. The second-order valence-corrected chi connectivity index (χ2v) is 7.87. The Morgan fingerprint density at radius 3 is 2.61 bits per heavy atom. The van der Waals surface area contributed by atoms with E-state index in [1.54, 1.807) is 4.68 Å². The Balaban J connectivity index is 1.47. The molecule has 1 amide bonds. The van der Waals surface area contributed by atoms with E-state index in [1.165, 1.54) is 5.56 Å². The van der Waals surface area contributed by atoms with Gasteiger partial charge < -0.3 is 10.1 Å². The monoisotopic (exact) mass is 476 g/mol. The third kappa shape index (κ3) is 5.00. The molecule has 0 aliphatic rings. The van der Waals surface area contributed by atoms with Gasteiger partial charge in [0, 0.05) is 10.9 Å². The number of carbonyl (C=O) groups is 1. The summed E-state index contributed by atoms with van der Waals surface area (Å²) in [4.78, 5) is 12.9. The van der Waals surface area contributed by atoms with Gasteiger partial charge in [-0.05, 0) is 42.8 Å². The lowest BCUT2D eigenvalue weighted by atomic mass is 10.2. The van der Waals surface area contributed by atoms with Crippen LogP contribution in [0.2, 0.25) is 0 Å². The number of hydrogen-bond acceptors (Lipinski definition) is 4. The molecule has 0 saturated carbocycles. The van der Waals surface area contributed by atoms with Crippen molar-refractivity contribution in [1.29, 1.82) is 0 Å². The van der Waals surface area contributed by atoms with Crippen LogP contribution in [-0.2, 0) is 6.42 Å². The van der Waals surface area contributed by atoms with Crippen LogP contribution in [0.3, 0.4) is 0 Å². The number of carbonyl (C=O) groups excluding carboxylic acids is 1.